The van der Waals surface area contributed by atoms with Crippen molar-refractivity contribution in [2.24, 2.45) is 5.92 Å². The minimum Gasteiger partial charge on any atom is -0.382 e. The van der Waals surface area contributed by atoms with Crippen molar-refractivity contribution in [3.05, 3.63) is 18.3 Å². The van der Waals surface area contributed by atoms with E-state index in [0.29, 0.717) is 6.04 Å². The van der Waals surface area contributed by atoms with E-state index in [2.05, 4.69) is 28.6 Å². The highest BCUT2D eigenvalue weighted by Gasteiger charge is 2.21. The SMILES string of the molecule is CNc1cc(NC(C)C2CCCC2)ccn1. The molecule has 1 atom stereocenters. The van der Waals surface area contributed by atoms with E-state index < -0.39 is 0 Å². The zero-order valence-corrected chi connectivity index (χ0v) is 10.2. The second-order valence-corrected chi connectivity index (χ2v) is 4.66. The normalized spacial score (nSPS) is 18.4. The molecular weight excluding hydrogens is 198 g/mol. The van der Waals surface area contributed by atoms with Gasteiger partial charge in [0.15, 0.2) is 0 Å². The highest BCUT2D eigenvalue weighted by atomic mass is 15.0. The highest BCUT2D eigenvalue weighted by Crippen LogP contribution is 2.29. The van der Waals surface area contributed by atoms with Crippen molar-refractivity contribution in [2.45, 2.75) is 38.6 Å². The number of hydrogen-bond acceptors (Lipinski definition) is 3. The standard InChI is InChI=1S/C13H21N3/c1-10(11-5-3-4-6-11)16-12-7-8-15-13(9-12)14-2/h7-11H,3-6H2,1-2H3,(H2,14,15,16). The van der Waals surface area contributed by atoms with Gasteiger partial charge in [-0.25, -0.2) is 4.98 Å². The van der Waals surface area contributed by atoms with Crippen molar-refractivity contribution in [1.29, 1.82) is 0 Å². The van der Waals surface area contributed by atoms with Crippen LogP contribution in [0.1, 0.15) is 32.6 Å². The van der Waals surface area contributed by atoms with Crippen LogP contribution >= 0.6 is 0 Å². The Morgan fingerprint density at radius 3 is 2.81 bits per heavy atom. The summed E-state index contributed by atoms with van der Waals surface area (Å²) < 4.78 is 0. The summed E-state index contributed by atoms with van der Waals surface area (Å²) in [6.07, 6.45) is 7.38. The topological polar surface area (TPSA) is 37.0 Å². The third-order valence-corrected chi connectivity index (χ3v) is 3.52. The van der Waals surface area contributed by atoms with Crippen molar-refractivity contribution in [2.75, 3.05) is 17.7 Å². The molecule has 1 aliphatic carbocycles. The summed E-state index contributed by atoms with van der Waals surface area (Å²) in [6, 6.07) is 4.66. The Bertz CT molecular complexity index is 332. The van der Waals surface area contributed by atoms with Gasteiger partial charge in [0.25, 0.3) is 0 Å². The fourth-order valence-corrected chi connectivity index (χ4v) is 2.50. The number of nitrogens with zero attached hydrogens (tertiary/aromatic N) is 1. The second kappa shape index (κ2) is 5.19. The molecule has 0 aromatic carbocycles. The molecule has 1 aromatic rings. The van der Waals surface area contributed by atoms with Crippen LogP contribution in [-0.2, 0) is 0 Å². The van der Waals surface area contributed by atoms with Gasteiger partial charge in [0.2, 0.25) is 0 Å². The van der Waals surface area contributed by atoms with Crippen LogP contribution in [0.2, 0.25) is 0 Å². The smallest absolute Gasteiger partial charge is 0.127 e. The maximum atomic E-state index is 4.21. The van der Waals surface area contributed by atoms with E-state index in [-0.39, 0.29) is 0 Å². The molecule has 1 saturated carbocycles. The van der Waals surface area contributed by atoms with Gasteiger partial charge in [0.05, 0.1) is 0 Å². The molecule has 16 heavy (non-hydrogen) atoms. The maximum Gasteiger partial charge on any atom is 0.127 e. The summed E-state index contributed by atoms with van der Waals surface area (Å²) in [6.45, 7) is 2.29. The van der Waals surface area contributed by atoms with E-state index in [1.807, 2.05) is 19.3 Å². The Labute approximate surface area is 97.7 Å². The van der Waals surface area contributed by atoms with Crippen molar-refractivity contribution in [1.82, 2.24) is 4.98 Å². The Balaban J connectivity index is 1.96. The monoisotopic (exact) mass is 219 g/mol. The van der Waals surface area contributed by atoms with Crippen LogP contribution in [0, 0.1) is 5.92 Å². The first-order chi connectivity index (χ1) is 7.79. The summed E-state index contributed by atoms with van der Waals surface area (Å²) >= 11 is 0. The van der Waals surface area contributed by atoms with Crippen molar-refractivity contribution >= 4 is 11.5 Å². The molecule has 0 aliphatic heterocycles. The molecular formula is C13H21N3. The zero-order chi connectivity index (χ0) is 11.4. The van der Waals surface area contributed by atoms with Gasteiger partial charge >= 0.3 is 0 Å². The fourth-order valence-electron chi connectivity index (χ4n) is 2.50. The highest BCUT2D eigenvalue weighted by molar-refractivity contribution is 5.52. The molecule has 2 N–H and O–H groups in total. The summed E-state index contributed by atoms with van der Waals surface area (Å²) in [7, 11) is 1.90. The van der Waals surface area contributed by atoms with Gasteiger partial charge in [0.1, 0.15) is 5.82 Å². The summed E-state index contributed by atoms with van der Waals surface area (Å²) in [5, 5.41) is 6.64. The lowest BCUT2D eigenvalue weighted by molar-refractivity contribution is 0.482. The first-order valence-electron chi connectivity index (χ1n) is 6.20. The Hall–Kier alpha value is -1.25. The van der Waals surface area contributed by atoms with E-state index in [4.69, 9.17) is 0 Å². The fraction of sp³-hybridized carbons (Fsp3) is 0.615. The summed E-state index contributed by atoms with van der Waals surface area (Å²) in [5.41, 5.74) is 1.17. The van der Waals surface area contributed by atoms with Gasteiger partial charge in [-0.2, -0.15) is 0 Å². The molecule has 2 rings (SSSR count). The van der Waals surface area contributed by atoms with Crippen LogP contribution < -0.4 is 10.6 Å². The average Bonchev–Trinajstić information content (AvgIpc) is 2.83. The lowest BCUT2D eigenvalue weighted by Gasteiger charge is -2.21. The summed E-state index contributed by atoms with van der Waals surface area (Å²) in [4.78, 5) is 4.21. The number of pyridine rings is 1. The van der Waals surface area contributed by atoms with Crippen molar-refractivity contribution in [3.8, 4) is 0 Å². The lowest BCUT2D eigenvalue weighted by Crippen LogP contribution is -2.23. The van der Waals surface area contributed by atoms with Crippen LogP contribution in [-0.4, -0.2) is 18.1 Å². The van der Waals surface area contributed by atoms with Crippen molar-refractivity contribution < 1.29 is 0 Å². The Kier molecular flexibility index (Phi) is 3.65. The average molecular weight is 219 g/mol. The van der Waals surface area contributed by atoms with Crippen LogP contribution in [0.3, 0.4) is 0 Å². The van der Waals surface area contributed by atoms with Gasteiger partial charge in [-0.1, -0.05) is 12.8 Å². The minimum atomic E-state index is 0.564. The summed E-state index contributed by atoms with van der Waals surface area (Å²) in [5.74, 6) is 1.76. The minimum absolute atomic E-state index is 0.564. The van der Waals surface area contributed by atoms with Crippen LogP contribution in [0.4, 0.5) is 11.5 Å². The molecule has 0 radical (unpaired) electrons. The molecule has 3 nitrogen and oxygen atoms in total. The van der Waals surface area contributed by atoms with Gasteiger partial charge in [-0.3, -0.25) is 0 Å². The number of anilines is 2. The molecule has 1 aromatic heterocycles. The third kappa shape index (κ3) is 2.65. The van der Waals surface area contributed by atoms with Gasteiger partial charge in [-0.15, -0.1) is 0 Å². The van der Waals surface area contributed by atoms with Gasteiger partial charge < -0.3 is 10.6 Å². The molecule has 1 aliphatic rings. The lowest BCUT2D eigenvalue weighted by atomic mass is 10.00. The molecule has 0 bridgehead atoms. The maximum absolute atomic E-state index is 4.21. The van der Waals surface area contributed by atoms with Crippen LogP contribution in [0.15, 0.2) is 18.3 Å². The molecule has 1 unspecified atom stereocenters. The van der Waals surface area contributed by atoms with E-state index in [9.17, 15) is 0 Å². The largest absolute Gasteiger partial charge is 0.382 e. The van der Waals surface area contributed by atoms with E-state index in [1.165, 1.54) is 31.4 Å². The molecule has 0 amide bonds. The van der Waals surface area contributed by atoms with Gasteiger partial charge in [-0.05, 0) is 31.7 Å². The first-order valence-corrected chi connectivity index (χ1v) is 6.20. The number of hydrogen-bond donors (Lipinski definition) is 2. The zero-order valence-electron chi connectivity index (χ0n) is 10.2. The van der Waals surface area contributed by atoms with Crippen molar-refractivity contribution in [3.63, 3.8) is 0 Å². The number of aromatic nitrogens is 1. The van der Waals surface area contributed by atoms with E-state index >= 15 is 0 Å². The predicted octanol–water partition coefficient (Wildman–Crippen LogP) is 3.11. The third-order valence-electron chi connectivity index (χ3n) is 3.52. The Morgan fingerprint density at radius 2 is 2.12 bits per heavy atom. The molecule has 3 heteroatoms. The first kappa shape index (κ1) is 11.2. The van der Waals surface area contributed by atoms with Gasteiger partial charge in [0, 0.05) is 31.0 Å². The molecule has 0 spiro atoms. The predicted molar refractivity (Wildman–Crippen MR) is 68.8 cm³/mol. The van der Waals surface area contributed by atoms with E-state index in [1.54, 1.807) is 0 Å². The van der Waals surface area contributed by atoms with Crippen LogP contribution in [0.25, 0.3) is 0 Å². The quantitative estimate of drug-likeness (QED) is 0.817. The molecule has 1 fully saturated rings. The van der Waals surface area contributed by atoms with Crippen LogP contribution in [0.5, 0.6) is 0 Å². The second-order valence-electron chi connectivity index (χ2n) is 4.66. The molecule has 88 valence electrons. The number of nitrogens with one attached hydrogen (secondary N) is 2. The molecule has 0 saturated heterocycles. The molecule has 1 heterocycles. The number of rotatable bonds is 4. The Morgan fingerprint density at radius 1 is 1.38 bits per heavy atom. The van der Waals surface area contributed by atoms with E-state index in [0.717, 1.165) is 11.7 Å².